The van der Waals surface area contributed by atoms with Gasteiger partial charge in [0.2, 0.25) is 0 Å². The van der Waals surface area contributed by atoms with Crippen LogP contribution in [-0.4, -0.2) is 43.3 Å². The Labute approximate surface area is 128 Å². The van der Waals surface area contributed by atoms with Gasteiger partial charge in [0.15, 0.2) is 15.7 Å². The van der Waals surface area contributed by atoms with Crippen molar-refractivity contribution in [2.45, 2.75) is 54.4 Å². The van der Waals surface area contributed by atoms with Gasteiger partial charge in [-0.05, 0) is 43.6 Å². The Hall–Kier alpha value is -0.860. The van der Waals surface area contributed by atoms with Crippen LogP contribution >= 0.6 is 11.5 Å². The fraction of sp³-hybridized carbons (Fsp3) is 0.769. The van der Waals surface area contributed by atoms with E-state index < -0.39 is 9.84 Å². The lowest BCUT2D eigenvalue weighted by Crippen LogP contribution is -2.48. The smallest absolute Gasteiger partial charge is 0.187 e. The molecule has 1 aromatic heterocycles. The van der Waals surface area contributed by atoms with Gasteiger partial charge >= 0.3 is 0 Å². The highest BCUT2D eigenvalue weighted by atomic mass is 32.2. The standard InChI is InChI=1S/C13H19N3O3S2/c14-12-11(21(17,18)8-4-5-8)13(20-15-12)16-6-7-19-10-3-1-2-9(10)16/h8-10H,1-7H2,(H2,14,15). The molecule has 2 saturated carbocycles. The molecule has 0 aromatic carbocycles. The third-order valence-corrected chi connectivity index (χ3v) is 8.00. The van der Waals surface area contributed by atoms with Crippen LogP contribution in [0.25, 0.3) is 0 Å². The number of hydrogen-bond acceptors (Lipinski definition) is 7. The minimum Gasteiger partial charge on any atom is -0.382 e. The summed E-state index contributed by atoms with van der Waals surface area (Å²) in [4.78, 5) is 2.47. The van der Waals surface area contributed by atoms with Crippen LogP contribution in [0.5, 0.6) is 0 Å². The van der Waals surface area contributed by atoms with Crippen LogP contribution in [-0.2, 0) is 14.6 Å². The van der Waals surface area contributed by atoms with Crippen LogP contribution < -0.4 is 10.6 Å². The van der Waals surface area contributed by atoms with E-state index in [0.717, 1.165) is 43.6 Å². The van der Waals surface area contributed by atoms with Crippen LogP contribution in [0.4, 0.5) is 10.8 Å². The Balaban J connectivity index is 1.75. The van der Waals surface area contributed by atoms with Gasteiger partial charge in [-0.2, -0.15) is 4.37 Å². The van der Waals surface area contributed by atoms with Gasteiger partial charge in [-0.3, -0.25) is 0 Å². The highest BCUT2D eigenvalue weighted by molar-refractivity contribution is 7.92. The van der Waals surface area contributed by atoms with Gasteiger partial charge in [0.25, 0.3) is 0 Å². The summed E-state index contributed by atoms with van der Waals surface area (Å²) in [5.41, 5.74) is 5.90. The molecule has 2 N–H and O–H groups in total. The number of anilines is 2. The summed E-state index contributed by atoms with van der Waals surface area (Å²) >= 11 is 1.22. The third kappa shape index (κ3) is 2.15. The first-order chi connectivity index (χ1) is 10.1. The summed E-state index contributed by atoms with van der Waals surface area (Å²) in [5, 5.41) is 0.481. The predicted octanol–water partition coefficient (Wildman–Crippen LogP) is 1.42. The lowest BCUT2D eigenvalue weighted by atomic mass is 10.1. The van der Waals surface area contributed by atoms with E-state index in [1.807, 2.05) is 0 Å². The van der Waals surface area contributed by atoms with Gasteiger partial charge in [0.1, 0.15) is 9.90 Å². The van der Waals surface area contributed by atoms with Gasteiger partial charge in [0.05, 0.1) is 24.0 Å². The van der Waals surface area contributed by atoms with E-state index in [0.29, 0.717) is 6.61 Å². The topological polar surface area (TPSA) is 85.5 Å². The van der Waals surface area contributed by atoms with Crippen molar-refractivity contribution < 1.29 is 13.2 Å². The number of morpholine rings is 1. The largest absolute Gasteiger partial charge is 0.382 e. The molecule has 0 amide bonds. The van der Waals surface area contributed by atoms with E-state index in [1.54, 1.807) is 0 Å². The molecular weight excluding hydrogens is 310 g/mol. The summed E-state index contributed by atoms with van der Waals surface area (Å²) < 4.78 is 35.3. The van der Waals surface area contributed by atoms with Gasteiger partial charge in [0, 0.05) is 6.54 Å². The van der Waals surface area contributed by atoms with Crippen LogP contribution in [0.15, 0.2) is 4.90 Å². The van der Waals surface area contributed by atoms with Crippen LogP contribution in [0.2, 0.25) is 0 Å². The second kappa shape index (κ2) is 4.82. The van der Waals surface area contributed by atoms with E-state index in [4.69, 9.17) is 10.5 Å². The maximum Gasteiger partial charge on any atom is 0.187 e. The summed E-state index contributed by atoms with van der Waals surface area (Å²) in [7, 11) is -3.32. The molecule has 2 heterocycles. The number of aromatic nitrogens is 1. The molecule has 1 aliphatic heterocycles. The summed E-state index contributed by atoms with van der Waals surface area (Å²) in [6, 6.07) is 0.270. The van der Waals surface area contributed by atoms with Crippen molar-refractivity contribution in [2.75, 3.05) is 23.8 Å². The van der Waals surface area contributed by atoms with Crippen molar-refractivity contribution in [1.29, 1.82) is 0 Å². The molecule has 3 aliphatic rings. The van der Waals surface area contributed by atoms with Gasteiger partial charge in [-0.25, -0.2) is 8.42 Å². The maximum absolute atomic E-state index is 12.7. The minimum absolute atomic E-state index is 0.169. The zero-order chi connectivity index (χ0) is 14.6. The normalized spacial score (nSPS) is 29.6. The fourth-order valence-corrected chi connectivity index (χ4v) is 6.56. The fourth-order valence-electron chi connectivity index (χ4n) is 3.46. The van der Waals surface area contributed by atoms with Gasteiger partial charge in [-0.1, -0.05) is 0 Å². The highest BCUT2D eigenvalue weighted by Crippen LogP contribution is 2.45. The monoisotopic (exact) mass is 329 g/mol. The van der Waals surface area contributed by atoms with E-state index in [-0.39, 0.29) is 28.1 Å². The van der Waals surface area contributed by atoms with Crippen molar-refractivity contribution in [3.63, 3.8) is 0 Å². The second-order valence-corrected chi connectivity index (χ2v) is 8.96. The van der Waals surface area contributed by atoms with Crippen LogP contribution in [0.1, 0.15) is 32.1 Å². The Kier molecular flexibility index (Phi) is 3.16. The molecule has 1 aromatic rings. The molecule has 2 atom stereocenters. The molecule has 2 unspecified atom stereocenters. The van der Waals surface area contributed by atoms with E-state index in [1.165, 1.54) is 11.5 Å². The molecule has 4 rings (SSSR count). The highest BCUT2D eigenvalue weighted by Gasteiger charge is 2.44. The number of hydrogen-bond donors (Lipinski definition) is 1. The molecule has 6 nitrogen and oxygen atoms in total. The zero-order valence-electron chi connectivity index (χ0n) is 11.7. The first-order valence-corrected chi connectivity index (χ1v) is 9.78. The van der Waals surface area contributed by atoms with Crippen LogP contribution in [0, 0.1) is 0 Å². The van der Waals surface area contributed by atoms with Crippen molar-refractivity contribution in [1.82, 2.24) is 4.37 Å². The van der Waals surface area contributed by atoms with E-state index in [2.05, 4.69) is 9.27 Å². The lowest BCUT2D eigenvalue weighted by Gasteiger charge is -2.38. The number of nitrogens with zero attached hydrogens (tertiary/aromatic N) is 2. The molecule has 1 saturated heterocycles. The maximum atomic E-state index is 12.7. The number of nitrogen functional groups attached to an aromatic ring is 1. The molecule has 0 bridgehead atoms. The number of sulfone groups is 1. The second-order valence-electron chi connectivity index (χ2n) is 6.05. The van der Waals surface area contributed by atoms with Gasteiger partial charge < -0.3 is 15.4 Å². The van der Waals surface area contributed by atoms with E-state index in [9.17, 15) is 8.42 Å². The number of rotatable bonds is 3. The van der Waals surface area contributed by atoms with Gasteiger partial charge in [-0.15, -0.1) is 0 Å². The van der Waals surface area contributed by atoms with Crippen LogP contribution in [0.3, 0.4) is 0 Å². The zero-order valence-corrected chi connectivity index (χ0v) is 13.3. The van der Waals surface area contributed by atoms with Crippen molar-refractivity contribution in [2.24, 2.45) is 0 Å². The Morgan fingerprint density at radius 1 is 1.29 bits per heavy atom. The molecule has 8 heteroatoms. The molecule has 21 heavy (non-hydrogen) atoms. The summed E-state index contributed by atoms with van der Waals surface area (Å²) in [6.45, 7) is 1.36. The summed E-state index contributed by atoms with van der Waals surface area (Å²) in [6.07, 6.45) is 4.94. The number of nitrogens with two attached hydrogens (primary N) is 1. The quantitative estimate of drug-likeness (QED) is 0.902. The Bertz CT molecular complexity index is 654. The first-order valence-electron chi connectivity index (χ1n) is 7.46. The summed E-state index contributed by atoms with van der Waals surface area (Å²) in [5.74, 6) is 0.169. The van der Waals surface area contributed by atoms with Crippen molar-refractivity contribution >= 4 is 32.2 Å². The molecular formula is C13H19N3O3S2. The SMILES string of the molecule is Nc1nsc(N2CCOC3CCCC32)c1S(=O)(=O)C1CC1. The average molecular weight is 329 g/mol. The number of ether oxygens (including phenoxy) is 1. The molecule has 3 fully saturated rings. The molecule has 0 spiro atoms. The van der Waals surface area contributed by atoms with E-state index >= 15 is 0 Å². The Morgan fingerprint density at radius 2 is 2.10 bits per heavy atom. The first kappa shape index (κ1) is 13.8. The molecule has 2 aliphatic carbocycles. The average Bonchev–Trinajstić information content (AvgIpc) is 3.09. The Morgan fingerprint density at radius 3 is 2.86 bits per heavy atom. The molecule has 116 valence electrons. The number of fused-ring (bicyclic) bond motifs is 1. The third-order valence-electron chi connectivity index (χ3n) is 4.65. The predicted molar refractivity (Wildman–Crippen MR) is 81.5 cm³/mol. The lowest BCUT2D eigenvalue weighted by molar-refractivity contribution is 0.0257. The minimum atomic E-state index is -3.32. The van der Waals surface area contributed by atoms with Crippen molar-refractivity contribution in [3.05, 3.63) is 0 Å². The van der Waals surface area contributed by atoms with Crippen molar-refractivity contribution in [3.8, 4) is 0 Å². The molecule has 0 radical (unpaired) electrons.